The molecule has 0 spiro atoms. The summed E-state index contributed by atoms with van der Waals surface area (Å²) in [5.74, 6) is -3.19. The molecule has 0 aromatic carbocycles. The number of aliphatic hydroxyl groups is 1. The first-order valence-corrected chi connectivity index (χ1v) is 4.42. The Balaban J connectivity index is 3.34. The van der Waals surface area contributed by atoms with E-state index in [2.05, 4.69) is 10.6 Å². The molecule has 0 aromatic rings. The van der Waals surface area contributed by atoms with Gasteiger partial charge >= 0.3 is 0 Å². The molecular weight excluding hydrogens is 194 g/mol. The minimum absolute atomic E-state index is 0.110. The molecule has 0 bridgehead atoms. The van der Waals surface area contributed by atoms with Gasteiger partial charge in [-0.3, -0.25) is 4.79 Å². The molecule has 0 saturated heterocycles. The van der Waals surface area contributed by atoms with Crippen molar-refractivity contribution in [2.75, 3.05) is 26.7 Å². The minimum atomic E-state index is -3.08. The Morgan fingerprint density at radius 2 is 2.14 bits per heavy atom. The second-order valence-electron chi connectivity index (χ2n) is 2.97. The van der Waals surface area contributed by atoms with Crippen LogP contribution in [-0.4, -0.2) is 43.7 Å². The fourth-order valence-corrected chi connectivity index (χ4v) is 0.826. The zero-order valence-corrected chi connectivity index (χ0v) is 8.15. The van der Waals surface area contributed by atoms with Gasteiger partial charge in [-0.25, -0.2) is 8.78 Å². The van der Waals surface area contributed by atoms with Gasteiger partial charge in [0.25, 0.3) is 5.92 Å². The molecule has 0 rings (SSSR count). The number of amides is 1. The van der Waals surface area contributed by atoms with Crippen LogP contribution in [0.2, 0.25) is 0 Å². The van der Waals surface area contributed by atoms with E-state index in [4.69, 9.17) is 5.11 Å². The lowest BCUT2D eigenvalue weighted by molar-refractivity contribution is -0.120. The first-order valence-electron chi connectivity index (χ1n) is 4.42. The number of halogens is 2. The molecule has 6 heteroatoms. The number of alkyl halides is 2. The van der Waals surface area contributed by atoms with Crippen molar-refractivity contribution in [3.8, 4) is 0 Å². The fourth-order valence-electron chi connectivity index (χ4n) is 0.826. The van der Waals surface area contributed by atoms with Crippen molar-refractivity contribution in [3.05, 3.63) is 0 Å². The van der Waals surface area contributed by atoms with E-state index >= 15 is 0 Å². The zero-order valence-electron chi connectivity index (χ0n) is 8.15. The first kappa shape index (κ1) is 13.2. The smallest absolute Gasteiger partial charge is 0.282 e. The van der Waals surface area contributed by atoms with Crippen LogP contribution in [-0.2, 0) is 4.79 Å². The van der Waals surface area contributed by atoms with Gasteiger partial charge in [0, 0.05) is 13.5 Å². The Labute approximate surface area is 81.7 Å². The molecule has 0 heterocycles. The van der Waals surface area contributed by atoms with Crippen molar-refractivity contribution in [3.63, 3.8) is 0 Å². The monoisotopic (exact) mass is 210 g/mol. The number of carbonyl (C=O) groups is 1. The second-order valence-corrected chi connectivity index (χ2v) is 2.97. The van der Waals surface area contributed by atoms with E-state index in [0.29, 0.717) is 19.4 Å². The number of hydrogen-bond donors (Lipinski definition) is 3. The van der Waals surface area contributed by atoms with Crippen LogP contribution in [0.3, 0.4) is 0 Å². The third-order valence-electron chi connectivity index (χ3n) is 1.65. The lowest BCUT2D eigenvalue weighted by Crippen LogP contribution is -2.36. The second kappa shape index (κ2) is 6.67. The average molecular weight is 210 g/mol. The topological polar surface area (TPSA) is 61.4 Å². The Morgan fingerprint density at radius 3 is 2.64 bits per heavy atom. The molecule has 0 aliphatic heterocycles. The van der Waals surface area contributed by atoms with Gasteiger partial charge in [0.15, 0.2) is 0 Å². The predicted molar refractivity (Wildman–Crippen MR) is 48.2 cm³/mol. The normalized spacial score (nSPS) is 11.4. The summed E-state index contributed by atoms with van der Waals surface area (Å²) in [4.78, 5) is 10.7. The van der Waals surface area contributed by atoms with E-state index in [9.17, 15) is 13.6 Å². The lowest BCUT2D eigenvalue weighted by Gasteiger charge is -2.13. The number of aliphatic hydroxyl groups excluding tert-OH is 1. The standard InChI is InChI=1S/C8H16F2N2O2/c1-11-7(14)3-2-4-12-5-8(9,10)6-13/h12-13H,2-6H2,1H3,(H,11,14). The van der Waals surface area contributed by atoms with Gasteiger partial charge in [0.05, 0.1) is 6.54 Å². The van der Waals surface area contributed by atoms with Gasteiger partial charge in [-0.15, -0.1) is 0 Å². The maximum atomic E-state index is 12.4. The molecule has 3 N–H and O–H groups in total. The quantitative estimate of drug-likeness (QED) is 0.507. The molecule has 0 atom stereocenters. The number of nitrogens with one attached hydrogen (secondary N) is 2. The van der Waals surface area contributed by atoms with Crippen LogP contribution >= 0.6 is 0 Å². The Kier molecular flexibility index (Phi) is 6.31. The zero-order chi connectivity index (χ0) is 11.0. The summed E-state index contributed by atoms with van der Waals surface area (Å²) < 4.78 is 24.8. The van der Waals surface area contributed by atoms with Gasteiger partial charge in [-0.1, -0.05) is 0 Å². The van der Waals surface area contributed by atoms with Gasteiger partial charge in [-0.2, -0.15) is 0 Å². The van der Waals surface area contributed by atoms with E-state index in [1.165, 1.54) is 7.05 Å². The van der Waals surface area contributed by atoms with Crippen molar-refractivity contribution in [1.29, 1.82) is 0 Å². The summed E-state index contributed by atoms with van der Waals surface area (Å²) in [5.41, 5.74) is 0. The third kappa shape index (κ3) is 6.73. The van der Waals surface area contributed by atoms with Crippen LogP contribution in [0.4, 0.5) is 8.78 Å². The van der Waals surface area contributed by atoms with Gasteiger partial charge in [0.1, 0.15) is 6.61 Å². The number of rotatable bonds is 7. The molecule has 0 aliphatic carbocycles. The highest BCUT2D eigenvalue weighted by Crippen LogP contribution is 2.09. The summed E-state index contributed by atoms with van der Waals surface area (Å²) in [6.07, 6.45) is 0.815. The molecule has 14 heavy (non-hydrogen) atoms. The number of carbonyl (C=O) groups excluding carboxylic acids is 1. The Hall–Kier alpha value is -0.750. The summed E-state index contributed by atoms with van der Waals surface area (Å²) in [6.45, 7) is -1.38. The summed E-state index contributed by atoms with van der Waals surface area (Å²) in [5, 5.41) is 13.1. The third-order valence-corrected chi connectivity index (χ3v) is 1.65. The van der Waals surface area contributed by atoms with E-state index in [1.54, 1.807) is 0 Å². The van der Waals surface area contributed by atoms with E-state index in [0.717, 1.165) is 0 Å². The van der Waals surface area contributed by atoms with Crippen LogP contribution in [0, 0.1) is 0 Å². The Morgan fingerprint density at radius 1 is 1.50 bits per heavy atom. The van der Waals surface area contributed by atoms with Crippen molar-refractivity contribution >= 4 is 5.91 Å². The predicted octanol–water partition coefficient (Wildman–Crippen LogP) is -0.270. The number of hydrogen-bond acceptors (Lipinski definition) is 3. The van der Waals surface area contributed by atoms with E-state index in [-0.39, 0.29) is 5.91 Å². The van der Waals surface area contributed by atoms with Crippen LogP contribution in [0.1, 0.15) is 12.8 Å². The lowest BCUT2D eigenvalue weighted by atomic mass is 10.3. The average Bonchev–Trinajstić information content (AvgIpc) is 2.17. The van der Waals surface area contributed by atoms with Crippen molar-refractivity contribution in [1.82, 2.24) is 10.6 Å². The van der Waals surface area contributed by atoms with Crippen LogP contribution < -0.4 is 10.6 Å². The molecule has 4 nitrogen and oxygen atoms in total. The molecule has 0 radical (unpaired) electrons. The maximum absolute atomic E-state index is 12.4. The summed E-state index contributed by atoms with van der Waals surface area (Å²) in [7, 11) is 1.52. The minimum Gasteiger partial charge on any atom is -0.390 e. The molecule has 0 saturated carbocycles. The van der Waals surface area contributed by atoms with Gasteiger partial charge in [-0.05, 0) is 13.0 Å². The first-order chi connectivity index (χ1) is 6.52. The summed E-state index contributed by atoms with van der Waals surface area (Å²) in [6, 6.07) is 0. The molecule has 84 valence electrons. The highest BCUT2D eigenvalue weighted by molar-refractivity contribution is 5.75. The van der Waals surface area contributed by atoms with Crippen LogP contribution in [0.25, 0.3) is 0 Å². The molecule has 0 fully saturated rings. The SMILES string of the molecule is CNC(=O)CCCNCC(F)(F)CO. The molecule has 1 amide bonds. The van der Waals surface area contributed by atoms with Crippen LogP contribution in [0.5, 0.6) is 0 Å². The van der Waals surface area contributed by atoms with E-state index in [1.807, 2.05) is 0 Å². The highest BCUT2D eigenvalue weighted by atomic mass is 19.3. The van der Waals surface area contributed by atoms with Crippen LogP contribution in [0.15, 0.2) is 0 Å². The molecule has 0 aliphatic rings. The maximum Gasteiger partial charge on any atom is 0.282 e. The Bertz CT molecular complexity index is 177. The van der Waals surface area contributed by atoms with Crippen molar-refractivity contribution in [2.24, 2.45) is 0 Å². The highest BCUT2D eigenvalue weighted by Gasteiger charge is 2.26. The van der Waals surface area contributed by atoms with Crippen molar-refractivity contribution < 1.29 is 18.7 Å². The molecule has 0 aromatic heterocycles. The van der Waals surface area contributed by atoms with Gasteiger partial charge in [0.2, 0.25) is 5.91 Å². The van der Waals surface area contributed by atoms with Crippen molar-refractivity contribution in [2.45, 2.75) is 18.8 Å². The molecule has 0 unspecified atom stereocenters. The van der Waals surface area contributed by atoms with E-state index < -0.39 is 19.1 Å². The largest absolute Gasteiger partial charge is 0.390 e. The van der Waals surface area contributed by atoms with Gasteiger partial charge < -0.3 is 15.7 Å². The molecular formula is C8H16F2N2O2. The fraction of sp³-hybridized carbons (Fsp3) is 0.875. The summed E-state index contributed by atoms with van der Waals surface area (Å²) >= 11 is 0.